The Morgan fingerprint density at radius 3 is 2.57 bits per heavy atom. The fraction of sp³-hybridized carbons (Fsp3) is 0.524. The van der Waals surface area contributed by atoms with Crippen molar-refractivity contribution < 1.29 is 4.79 Å². The molecule has 3 rings (SSSR count). The van der Waals surface area contributed by atoms with E-state index in [1.54, 1.807) is 0 Å². The molecule has 1 aliphatic rings. The fourth-order valence-corrected chi connectivity index (χ4v) is 3.04. The first-order valence-electron chi connectivity index (χ1n) is 10.3. The van der Waals surface area contributed by atoms with Crippen LogP contribution in [-0.2, 0) is 4.79 Å². The summed E-state index contributed by atoms with van der Waals surface area (Å²) >= 11 is 0. The summed E-state index contributed by atoms with van der Waals surface area (Å²) in [5.74, 6) is 1.38. The number of carbonyl (C=O) groups is 1. The van der Waals surface area contributed by atoms with E-state index in [-0.39, 0.29) is 11.3 Å². The Bertz CT molecular complexity index is 887. The molecule has 0 bridgehead atoms. The van der Waals surface area contributed by atoms with Crippen molar-refractivity contribution in [2.75, 3.05) is 40.9 Å². The highest BCUT2D eigenvalue weighted by molar-refractivity contribution is 5.89. The van der Waals surface area contributed by atoms with E-state index in [4.69, 9.17) is 0 Å². The largest absolute Gasteiger partial charge is 0.353 e. The summed E-state index contributed by atoms with van der Waals surface area (Å²) in [6.07, 6.45) is 1.02. The molecular formula is C21H32N8O. The van der Waals surface area contributed by atoms with Gasteiger partial charge in [0.25, 0.3) is 0 Å². The molecule has 0 unspecified atom stereocenters. The van der Waals surface area contributed by atoms with Crippen molar-refractivity contribution in [3.8, 4) is 0 Å². The zero-order valence-corrected chi connectivity index (χ0v) is 18.4. The molecular weight excluding hydrogens is 380 g/mol. The van der Waals surface area contributed by atoms with Crippen molar-refractivity contribution in [3.63, 3.8) is 0 Å². The molecule has 0 radical (unpaired) electrons. The van der Waals surface area contributed by atoms with Crippen molar-refractivity contribution in [1.29, 1.82) is 0 Å². The molecule has 2 heterocycles. The van der Waals surface area contributed by atoms with Crippen LogP contribution < -0.4 is 26.6 Å². The number of anilines is 5. The van der Waals surface area contributed by atoms with E-state index in [0.29, 0.717) is 29.6 Å². The first-order valence-corrected chi connectivity index (χ1v) is 10.3. The van der Waals surface area contributed by atoms with Crippen LogP contribution in [0.5, 0.6) is 0 Å². The van der Waals surface area contributed by atoms with Gasteiger partial charge in [0, 0.05) is 37.4 Å². The van der Waals surface area contributed by atoms with Gasteiger partial charge in [-0.25, -0.2) is 0 Å². The van der Waals surface area contributed by atoms with Crippen molar-refractivity contribution in [2.24, 2.45) is 5.41 Å². The SMILES string of the molecule is CC(=O)Nc1ccc(C)c(Nc2nc(NCC(C)(C)C)nc(N[C@@H]3CCNC3)n2)c1. The summed E-state index contributed by atoms with van der Waals surface area (Å²) in [7, 11) is 0. The number of hydrogen-bond donors (Lipinski definition) is 5. The number of nitrogens with one attached hydrogen (secondary N) is 5. The predicted octanol–water partition coefficient (Wildman–Crippen LogP) is 3.11. The molecule has 1 aromatic carbocycles. The van der Waals surface area contributed by atoms with Gasteiger partial charge in [-0.3, -0.25) is 4.79 Å². The highest BCUT2D eigenvalue weighted by Crippen LogP contribution is 2.24. The van der Waals surface area contributed by atoms with Crippen LogP contribution in [0.3, 0.4) is 0 Å². The molecule has 2 aromatic rings. The average molecular weight is 413 g/mol. The number of aryl methyl sites for hydroxylation is 1. The molecule has 1 aromatic heterocycles. The summed E-state index contributed by atoms with van der Waals surface area (Å²) in [6, 6.07) is 5.97. The number of carbonyl (C=O) groups excluding carboxylic acids is 1. The molecule has 1 saturated heterocycles. The summed E-state index contributed by atoms with van der Waals surface area (Å²) in [4.78, 5) is 25.1. The summed E-state index contributed by atoms with van der Waals surface area (Å²) in [6.45, 7) is 12.5. The van der Waals surface area contributed by atoms with Crippen LogP contribution in [0.4, 0.5) is 29.2 Å². The lowest BCUT2D eigenvalue weighted by molar-refractivity contribution is -0.114. The van der Waals surface area contributed by atoms with E-state index in [9.17, 15) is 4.79 Å². The maximum Gasteiger partial charge on any atom is 0.233 e. The number of nitrogens with zero attached hydrogens (tertiary/aromatic N) is 3. The third-order valence-electron chi connectivity index (χ3n) is 4.61. The van der Waals surface area contributed by atoms with Gasteiger partial charge in [-0.05, 0) is 43.0 Å². The molecule has 0 saturated carbocycles. The maximum absolute atomic E-state index is 11.4. The fourth-order valence-electron chi connectivity index (χ4n) is 3.04. The van der Waals surface area contributed by atoms with Crippen molar-refractivity contribution >= 4 is 35.1 Å². The Labute approximate surface area is 177 Å². The van der Waals surface area contributed by atoms with Gasteiger partial charge in [0.15, 0.2) is 0 Å². The van der Waals surface area contributed by atoms with Gasteiger partial charge in [0.1, 0.15) is 0 Å². The second-order valence-corrected chi connectivity index (χ2v) is 8.89. The molecule has 9 nitrogen and oxygen atoms in total. The van der Waals surface area contributed by atoms with E-state index in [1.165, 1.54) is 6.92 Å². The third kappa shape index (κ3) is 6.55. The molecule has 0 aliphatic carbocycles. The molecule has 162 valence electrons. The van der Waals surface area contributed by atoms with Crippen LogP contribution in [-0.4, -0.2) is 46.5 Å². The first kappa shape index (κ1) is 21.8. The van der Waals surface area contributed by atoms with Crippen molar-refractivity contribution in [1.82, 2.24) is 20.3 Å². The number of benzene rings is 1. The summed E-state index contributed by atoms with van der Waals surface area (Å²) < 4.78 is 0. The molecule has 1 aliphatic heterocycles. The molecule has 9 heteroatoms. The minimum Gasteiger partial charge on any atom is -0.353 e. The molecule has 1 atom stereocenters. The minimum absolute atomic E-state index is 0.0897. The van der Waals surface area contributed by atoms with E-state index >= 15 is 0 Å². The Hall–Kier alpha value is -2.94. The molecule has 0 spiro atoms. The minimum atomic E-state index is -0.115. The Morgan fingerprint density at radius 1 is 1.17 bits per heavy atom. The van der Waals surface area contributed by atoms with Crippen LogP contribution in [0, 0.1) is 12.3 Å². The monoisotopic (exact) mass is 412 g/mol. The highest BCUT2D eigenvalue weighted by Gasteiger charge is 2.18. The quantitative estimate of drug-likeness (QED) is 0.471. The van der Waals surface area contributed by atoms with E-state index in [1.807, 2.05) is 25.1 Å². The van der Waals surface area contributed by atoms with Gasteiger partial charge in [-0.15, -0.1) is 0 Å². The van der Waals surface area contributed by atoms with Crippen LogP contribution in [0.2, 0.25) is 0 Å². The van der Waals surface area contributed by atoms with Gasteiger partial charge < -0.3 is 26.6 Å². The smallest absolute Gasteiger partial charge is 0.233 e. The second kappa shape index (κ2) is 9.25. The normalized spacial score (nSPS) is 16.2. The highest BCUT2D eigenvalue weighted by atomic mass is 16.1. The lowest BCUT2D eigenvalue weighted by Crippen LogP contribution is -2.25. The van der Waals surface area contributed by atoms with Crippen LogP contribution in [0.1, 0.15) is 39.7 Å². The third-order valence-corrected chi connectivity index (χ3v) is 4.61. The van der Waals surface area contributed by atoms with E-state index in [2.05, 4.69) is 62.3 Å². The number of amides is 1. The van der Waals surface area contributed by atoms with Crippen LogP contribution in [0.15, 0.2) is 18.2 Å². The lowest BCUT2D eigenvalue weighted by Gasteiger charge is -2.20. The standard InChI is InChI=1S/C21H32N8O/c1-13-6-7-15(24-14(2)30)10-17(13)26-20-28-18(23-12-21(3,4)5)27-19(29-20)25-16-8-9-22-11-16/h6-7,10,16,22H,8-9,11-12H2,1-5H3,(H,24,30)(H3,23,25,26,27,28,29)/t16-/m1/s1. The maximum atomic E-state index is 11.4. The topological polar surface area (TPSA) is 116 Å². The van der Waals surface area contributed by atoms with Crippen LogP contribution in [0.25, 0.3) is 0 Å². The summed E-state index contributed by atoms with van der Waals surface area (Å²) in [5.41, 5.74) is 2.64. The van der Waals surface area contributed by atoms with E-state index in [0.717, 1.165) is 37.3 Å². The van der Waals surface area contributed by atoms with Crippen LogP contribution >= 0.6 is 0 Å². The van der Waals surface area contributed by atoms with Gasteiger partial charge in [0.2, 0.25) is 23.8 Å². The van der Waals surface area contributed by atoms with Crippen molar-refractivity contribution in [2.45, 2.75) is 47.1 Å². The number of aromatic nitrogens is 3. The Kier molecular flexibility index (Phi) is 6.71. The van der Waals surface area contributed by atoms with Gasteiger partial charge in [-0.1, -0.05) is 26.8 Å². The van der Waals surface area contributed by atoms with E-state index < -0.39 is 0 Å². The predicted molar refractivity (Wildman–Crippen MR) is 121 cm³/mol. The van der Waals surface area contributed by atoms with Gasteiger partial charge in [0.05, 0.1) is 0 Å². The zero-order valence-electron chi connectivity index (χ0n) is 18.4. The molecule has 1 fully saturated rings. The molecule has 1 amide bonds. The Morgan fingerprint density at radius 2 is 1.90 bits per heavy atom. The number of hydrogen-bond acceptors (Lipinski definition) is 8. The van der Waals surface area contributed by atoms with Gasteiger partial charge in [-0.2, -0.15) is 15.0 Å². The Balaban J connectivity index is 1.85. The molecule has 5 N–H and O–H groups in total. The van der Waals surface area contributed by atoms with Crippen molar-refractivity contribution in [3.05, 3.63) is 23.8 Å². The lowest BCUT2D eigenvalue weighted by atomic mass is 9.97. The average Bonchev–Trinajstić information content (AvgIpc) is 3.15. The zero-order chi connectivity index (χ0) is 21.7. The molecule has 30 heavy (non-hydrogen) atoms. The number of rotatable bonds is 7. The first-order chi connectivity index (χ1) is 14.2. The van der Waals surface area contributed by atoms with Gasteiger partial charge >= 0.3 is 0 Å². The second-order valence-electron chi connectivity index (χ2n) is 8.89. The summed E-state index contributed by atoms with van der Waals surface area (Å²) in [5, 5.41) is 16.1.